The van der Waals surface area contributed by atoms with Crippen molar-refractivity contribution in [2.24, 2.45) is 5.73 Å². The van der Waals surface area contributed by atoms with E-state index < -0.39 is 10.8 Å². The van der Waals surface area contributed by atoms with Crippen molar-refractivity contribution < 1.29 is 14.5 Å². The molecule has 8 nitrogen and oxygen atoms in total. The number of Topliss-reactive ketones (excluding diaryl/α,β-unsaturated/α-hetero) is 1. The number of ketones is 1. The standard InChI is InChI=1S/C30H25ClN4O4/c1-2-39-22-11-8-19(9-12-22)28-23(17-32)30(33)34(24-13-10-21(31)16-25(24)35(37)38)26-14-20(15-27(36)29(26)28)18-6-4-3-5-7-18/h3-13,16,20,28H,2,14-15,33H2,1H3/t20-,28+/m0/s1. The van der Waals surface area contributed by atoms with Crippen LogP contribution < -0.4 is 15.4 Å². The Balaban J connectivity index is 1.74. The number of nitrogens with two attached hydrogens (primary N) is 1. The summed E-state index contributed by atoms with van der Waals surface area (Å²) in [6.07, 6.45) is 0.642. The average molecular weight is 541 g/mol. The summed E-state index contributed by atoms with van der Waals surface area (Å²) in [4.78, 5) is 27.0. The molecule has 0 saturated carbocycles. The Morgan fingerprint density at radius 2 is 1.82 bits per heavy atom. The predicted molar refractivity (Wildman–Crippen MR) is 148 cm³/mol. The molecule has 1 aliphatic heterocycles. The molecule has 3 aromatic carbocycles. The molecule has 1 heterocycles. The molecule has 0 bridgehead atoms. The third-order valence-electron chi connectivity index (χ3n) is 7.14. The molecule has 0 saturated heterocycles. The van der Waals surface area contributed by atoms with Crippen molar-refractivity contribution in [1.82, 2.24) is 0 Å². The first kappa shape index (κ1) is 26.0. The van der Waals surface area contributed by atoms with Gasteiger partial charge in [0.05, 0.1) is 29.1 Å². The number of anilines is 1. The Morgan fingerprint density at radius 1 is 1.10 bits per heavy atom. The minimum atomic E-state index is -0.715. The minimum Gasteiger partial charge on any atom is -0.494 e. The van der Waals surface area contributed by atoms with Gasteiger partial charge in [0.25, 0.3) is 5.69 Å². The zero-order valence-electron chi connectivity index (χ0n) is 21.1. The molecule has 0 aromatic heterocycles. The van der Waals surface area contributed by atoms with E-state index in [2.05, 4.69) is 6.07 Å². The van der Waals surface area contributed by atoms with Crippen LogP contribution in [0.5, 0.6) is 5.75 Å². The van der Waals surface area contributed by atoms with Crippen LogP contribution in [0.2, 0.25) is 5.02 Å². The number of nitro benzene ring substituents is 1. The van der Waals surface area contributed by atoms with Gasteiger partial charge in [0.15, 0.2) is 5.78 Å². The van der Waals surface area contributed by atoms with Gasteiger partial charge < -0.3 is 10.5 Å². The molecule has 3 aromatic rings. The van der Waals surface area contributed by atoms with Crippen molar-refractivity contribution in [3.63, 3.8) is 0 Å². The summed E-state index contributed by atoms with van der Waals surface area (Å²) in [5.41, 5.74) is 9.34. The van der Waals surface area contributed by atoms with Crippen molar-refractivity contribution in [1.29, 1.82) is 5.26 Å². The molecular weight excluding hydrogens is 516 g/mol. The fourth-order valence-electron chi connectivity index (χ4n) is 5.45. The highest BCUT2D eigenvalue weighted by Crippen LogP contribution is 2.50. The Kier molecular flexibility index (Phi) is 7.09. The third kappa shape index (κ3) is 4.73. The number of benzene rings is 3. The number of allylic oxidation sites excluding steroid dienone is 3. The summed E-state index contributed by atoms with van der Waals surface area (Å²) >= 11 is 6.10. The maximum absolute atomic E-state index is 13.9. The number of ether oxygens (including phenoxy) is 1. The molecule has 196 valence electrons. The summed E-state index contributed by atoms with van der Waals surface area (Å²) < 4.78 is 5.57. The lowest BCUT2D eigenvalue weighted by atomic mass is 9.72. The number of nitro groups is 1. The van der Waals surface area contributed by atoms with Gasteiger partial charge in [-0.1, -0.05) is 54.1 Å². The van der Waals surface area contributed by atoms with Crippen LogP contribution in [-0.4, -0.2) is 17.3 Å². The molecule has 39 heavy (non-hydrogen) atoms. The second-order valence-corrected chi connectivity index (χ2v) is 9.81. The zero-order chi connectivity index (χ0) is 27.7. The molecule has 1 aliphatic carbocycles. The molecule has 2 aliphatic rings. The van der Waals surface area contributed by atoms with E-state index in [4.69, 9.17) is 22.1 Å². The number of nitriles is 1. The Hall–Kier alpha value is -4.61. The number of carbonyl (C=O) groups is 1. The lowest BCUT2D eigenvalue weighted by molar-refractivity contribution is -0.384. The van der Waals surface area contributed by atoms with Crippen LogP contribution >= 0.6 is 11.6 Å². The van der Waals surface area contributed by atoms with E-state index in [-0.39, 0.29) is 45.9 Å². The number of hydrogen-bond acceptors (Lipinski definition) is 7. The SMILES string of the molecule is CCOc1ccc([C@@H]2C(C#N)=C(N)N(c3ccc(Cl)cc3[N+](=O)[O-])C3=C2C(=O)C[C@@H](c2ccccc2)C3)cc1. The molecular formula is C30H25ClN4O4. The fourth-order valence-corrected chi connectivity index (χ4v) is 5.62. The lowest BCUT2D eigenvalue weighted by Crippen LogP contribution is -2.40. The van der Waals surface area contributed by atoms with Crippen molar-refractivity contribution in [2.45, 2.75) is 31.6 Å². The first-order valence-electron chi connectivity index (χ1n) is 12.5. The molecule has 9 heteroatoms. The van der Waals surface area contributed by atoms with E-state index in [1.54, 1.807) is 12.1 Å². The Morgan fingerprint density at radius 3 is 2.46 bits per heavy atom. The number of nitrogens with zero attached hydrogens (tertiary/aromatic N) is 3. The van der Waals surface area contributed by atoms with Crippen molar-refractivity contribution in [3.8, 4) is 11.8 Å². The molecule has 0 radical (unpaired) electrons. The number of rotatable bonds is 6. The van der Waals surface area contributed by atoms with Gasteiger partial charge in [-0.15, -0.1) is 0 Å². The molecule has 0 fully saturated rings. The fraction of sp³-hybridized carbons (Fsp3) is 0.200. The molecule has 5 rings (SSSR count). The molecule has 0 spiro atoms. The van der Waals surface area contributed by atoms with Gasteiger partial charge in [-0.2, -0.15) is 5.26 Å². The van der Waals surface area contributed by atoms with Gasteiger partial charge in [-0.3, -0.25) is 19.8 Å². The highest BCUT2D eigenvalue weighted by atomic mass is 35.5. The first-order valence-corrected chi connectivity index (χ1v) is 12.9. The smallest absolute Gasteiger partial charge is 0.294 e. The maximum atomic E-state index is 13.9. The molecule has 2 N–H and O–H groups in total. The molecule has 0 amide bonds. The van der Waals surface area contributed by atoms with Crippen LogP contribution in [-0.2, 0) is 4.79 Å². The van der Waals surface area contributed by atoms with Gasteiger partial charge in [0, 0.05) is 28.8 Å². The largest absolute Gasteiger partial charge is 0.494 e. The van der Waals surface area contributed by atoms with Gasteiger partial charge in [-0.05, 0) is 54.7 Å². The van der Waals surface area contributed by atoms with E-state index in [0.29, 0.717) is 35.6 Å². The highest BCUT2D eigenvalue weighted by molar-refractivity contribution is 6.31. The number of hydrogen-bond donors (Lipinski definition) is 1. The van der Waals surface area contributed by atoms with Crippen molar-refractivity contribution in [3.05, 3.63) is 122 Å². The number of halogens is 1. The van der Waals surface area contributed by atoms with Crippen LogP contribution in [0.1, 0.15) is 42.7 Å². The summed E-state index contributed by atoms with van der Waals surface area (Å²) in [5, 5.41) is 22.5. The van der Waals surface area contributed by atoms with Crippen LogP contribution in [0.4, 0.5) is 11.4 Å². The van der Waals surface area contributed by atoms with Gasteiger partial charge in [-0.25, -0.2) is 0 Å². The van der Waals surface area contributed by atoms with E-state index in [1.807, 2.05) is 49.4 Å². The second-order valence-electron chi connectivity index (χ2n) is 9.37. The van der Waals surface area contributed by atoms with Gasteiger partial charge in [0.1, 0.15) is 17.3 Å². The van der Waals surface area contributed by atoms with Gasteiger partial charge in [0.2, 0.25) is 0 Å². The normalized spacial score (nSPS) is 19.0. The van der Waals surface area contributed by atoms with Crippen LogP contribution in [0, 0.1) is 21.4 Å². The monoisotopic (exact) mass is 540 g/mol. The second kappa shape index (κ2) is 10.6. The Bertz CT molecular complexity index is 1560. The van der Waals surface area contributed by atoms with Crippen LogP contribution in [0.25, 0.3) is 0 Å². The average Bonchev–Trinajstić information content (AvgIpc) is 2.94. The van der Waals surface area contributed by atoms with Crippen molar-refractivity contribution >= 4 is 28.8 Å². The predicted octanol–water partition coefficient (Wildman–Crippen LogP) is 6.35. The van der Waals surface area contributed by atoms with E-state index in [0.717, 1.165) is 5.56 Å². The summed E-state index contributed by atoms with van der Waals surface area (Å²) in [6.45, 7) is 2.39. The van der Waals surface area contributed by atoms with E-state index in [9.17, 15) is 20.2 Å². The third-order valence-corrected chi connectivity index (χ3v) is 7.37. The summed E-state index contributed by atoms with van der Waals surface area (Å²) in [5.74, 6) is -0.302. The van der Waals surface area contributed by atoms with Crippen LogP contribution in [0.15, 0.2) is 95.5 Å². The topological polar surface area (TPSA) is 122 Å². The molecule has 0 unspecified atom stereocenters. The minimum absolute atomic E-state index is 0.0436. The Labute approximate surface area is 230 Å². The van der Waals surface area contributed by atoms with Gasteiger partial charge >= 0.3 is 0 Å². The van der Waals surface area contributed by atoms with Crippen molar-refractivity contribution in [2.75, 3.05) is 11.5 Å². The quantitative estimate of drug-likeness (QED) is 0.285. The summed E-state index contributed by atoms with van der Waals surface area (Å²) in [7, 11) is 0. The maximum Gasteiger partial charge on any atom is 0.294 e. The van der Waals surface area contributed by atoms with E-state index >= 15 is 0 Å². The zero-order valence-corrected chi connectivity index (χ0v) is 21.9. The molecule has 2 atom stereocenters. The summed E-state index contributed by atoms with van der Waals surface area (Å²) in [6, 6.07) is 23.4. The lowest BCUT2D eigenvalue weighted by Gasteiger charge is -2.41. The highest BCUT2D eigenvalue weighted by Gasteiger charge is 2.44. The van der Waals surface area contributed by atoms with Crippen LogP contribution in [0.3, 0.4) is 0 Å². The number of carbonyl (C=O) groups excluding carboxylic acids is 1. The first-order chi connectivity index (χ1) is 18.8. The van der Waals surface area contributed by atoms with E-state index in [1.165, 1.54) is 23.1 Å².